The Bertz CT molecular complexity index is 400. The van der Waals surface area contributed by atoms with Gasteiger partial charge >= 0.3 is 6.03 Å². The van der Waals surface area contributed by atoms with E-state index in [1.165, 1.54) is 0 Å². The van der Waals surface area contributed by atoms with E-state index in [0.29, 0.717) is 26.2 Å². The summed E-state index contributed by atoms with van der Waals surface area (Å²) in [4.78, 5) is 11.4. The van der Waals surface area contributed by atoms with Gasteiger partial charge in [-0.2, -0.15) is 0 Å². The molecule has 0 fully saturated rings. The first kappa shape index (κ1) is 14.4. The van der Waals surface area contributed by atoms with Crippen LogP contribution in [0.1, 0.15) is 13.3 Å². The molecule has 0 aliphatic carbocycles. The first-order chi connectivity index (χ1) is 8.63. The summed E-state index contributed by atoms with van der Waals surface area (Å²) in [5.41, 5.74) is -0.183. The lowest BCUT2D eigenvalue weighted by molar-refractivity contribution is 0.145. The molecule has 0 unspecified atom stereocenters. The van der Waals surface area contributed by atoms with Crippen molar-refractivity contribution in [2.75, 3.05) is 25.1 Å². The summed E-state index contributed by atoms with van der Waals surface area (Å²) in [5, 5.41) is 4.75. The number of anilines is 1. The van der Waals surface area contributed by atoms with Gasteiger partial charge in [0.1, 0.15) is 11.6 Å². The highest BCUT2D eigenvalue weighted by Crippen LogP contribution is 2.14. The van der Waals surface area contributed by atoms with Gasteiger partial charge in [-0.25, -0.2) is 13.6 Å². The third-order valence-corrected chi connectivity index (χ3v) is 2.13. The number of hydrogen-bond donors (Lipinski definition) is 2. The summed E-state index contributed by atoms with van der Waals surface area (Å²) in [6.07, 6.45) is 0.660. The SMILES string of the molecule is CCOCCCNC(=O)Nc1cc(F)ccc1F. The van der Waals surface area contributed by atoms with Crippen LogP contribution in [0.25, 0.3) is 0 Å². The molecular formula is C12H16F2N2O2. The summed E-state index contributed by atoms with van der Waals surface area (Å²) in [7, 11) is 0. The Morgan fingerprint density at radius 1 is 1.39 bits per heavy atom. The Balaban J connectivity index is 2.33. The van der Waals surface area contributed by atoms with Crippen molar-refractivity contribution in [3.8, 4) is 0 Å². The minimum Gasteiger partial charge on any atom is -0.382 e. The minimum absolute atomic E-state index is 0.183. The van der Waals surface area contributed by atoms with Crippen LogP contribution in [0.4, 0.5) is 19.3 Å². The van der Waals surface area contributed by atoms with Crippen LogP contribution < -0.4 is 10.6 Å². The third kappa shape index (κ3) is 5.09. The number of urea groups is 1. The molecule has 0 aromatic heterocycles. The number of halogens is 2. The van der Waals surface area contributed by atoms with Gasteiger partial charge in [-0.05, 0) is 25.5 Å². The van der Waals surface area contributed by atoms with Crippen molar-refractivity contribution in [3.05, 3.63) is 29.8 Å². The molecule has 0 heterocycles. The van der Waals surface area contributed by atoms with Gasteiger partial charge < -0.3 is 15.4 Å². The molecule has 6 heteroatoms. The van der Waals surface area contributed by atoms with Crippen LogP contribution in [-0.4, -0.2) is 25.8 Å². The molecule has 0 atom stereocenters. The smallest absolute Gasteiger partial charge is 0.319 e. The Kier molecular flexibility index (Phi) is 6.07. The molecule has 0 radical (unpaired) electrons. The molecular weight excluding hydrogens is 242 g/mol. The highest BCUT2D eigenvalue weighted by atomic mass is 19.1. The van der Waals surface area contributed by atoms with Gasteiger partial charge in [-0.1, -0.05) is 0 Å². The van der Waals surface area contributed by atoms with E-state index in [0.717, 1.165) is 18.2 Å². The van der Waals surface area contributed by atoms with Crippen molar-refractivity contribution in [1.29, 1.82) is 0 Å². The number of nitrogens with one attached hydrogen (secondary N) is 2. The molecule has 2 amide bonds. The topological polar surface area (TPSA) is 50.4 Å². The van der Waals surface area contributed by atoms with Crippen molar-refractivity contribution in [2.24, 2.45) is 0 Å². The van der Waals surface area contributed by atoms with E-state index in [4.69, 9.17) is 4.74 Å². The number of benzene rings is 1. The first-order valence-electron chi connectivity index (χ1n) is 5.71. The Morgan fingerprint density at radius 2 is 2.17 bits per heavy atom. The van der Waals surface area contributed by atoms with Crippen molar-refractivity contribution >= 4 is 11.7 Å². The second-order valence-electron chi connectivity index (χ2n) is 3.56. The Morgan fingerprint density at radius 3 is 2.89 bits per heavy atom. The highest BCUT2D eigenvalue weighted by molar-refractivity contribution is 5.89. The summed E-state index contributed by atoms with van der Waals surface area (Å²) >= 11 is 0. The molecule has 4 nitrogen and oxygen atoms in total. The fraction of sp³-hybridized carbons (Fsp3) is 0.417. The quantitative estimate of drug-likeness (QED) is 0.770. The van der Waals surface area contributed by atoms with E-state index in [9.17, 15) is 13.6 Å². The fourth-order valence-corrected chi connectivity index (χ4v) is 1.28. The number of ether oxygens (including phenoxy) is 1. The molecule has 0 saturated carbocycles. The Hall–Kier alpha value is -1.69. The molecule has 1 aromatic carbocycles. The van der Waals surface area contributed by atoms with Crippen molar-refractivity contribution < 1.29 is 18.3 Å². The first-order valence-corrected chi connectivity index (χ1v) is 5.71. The minimum atomic E-state index is -0.680. The van der Waals surface area contributed by atoms with Crippen LogP contribution >= 0.6 is 0 Å². The van der Waals surface area contributed by atoms with Crippen LogP contribution in [0.2, 0.25) is 0 Å². The van der Waals surface area contributed by atoms with E-state index in [1.54, 1.807) is 0 Å². The lowest BCUT2D eigenvalue weighted by Crippen LogP contribution is -2.30. The van der Waals surface area contributed by atoms with Crippen LogP contribution in [0.5, 0.6) is 0 Å². The maximum Gasteiger partial charge on any atom is 0.319 e. The largest absolute Gasteiger partial charge is 0.382 e. The van der Waals surface area contributed by atoms with Crippen molar-refractivity contribution in [1.82, 2.24) is 5.32 Å². The lowest BCUT2D eigenvalue weighted by atomic mass is 10.3. The maximum atomic E-state index is 13.2. The molecule has 0 saturated heterocycles. The molecule has 1 aromatic rings. The van der Waals surface area contributed by atoms with E-state index in [2.05, 4.69) is 10.6 Å². The van der Waals surface area contributed by atoms with Gasteiger partial charge in [-0.3, -0.25) is 0 Å². The summed E-state index contributed by atoms with van der Waals surface area (Å²) < 4.78 is 31.1. The van der Waals surface area contributed by atoms with Crippen LogP contribution in [0.15, 0.2) is 18.2 Å². The second kappa shape index (κ2) is 7.60. The van der Waals surface area contributed by atoms with Crippen molar-refractivity contribution in [2.45, 2.75) is 13.3 Å². The average Bonchev–Trinajstić information content (AvgIpc) is 2.33. The van der Waals surface area contributed by atoms with Gasteiger partial charge in [0.05, 0.1) is 5.69 Å². The normalized spacial score (nSPS) is 10.2. The van der Waals surface area contributed by atoms with Crippen LogP contribution in [0, 0.1) is 11.6 Å². The van der Waals surface area contributed by atoms with Crippen LogP contribution in [-0.2, 0) is 4.74 Å². The zero-order chi connectivity index (χ0) is 13.4. The van der Waals surface area contributed by atoms with Gasteiger partial charge in [0.25, 0.3) is 0 Å². The number of amides is 2. The van der Waals surface area contributed by atoms with E-state index in [-0.39, 0.29) is 5.69 Å². The Labute approximate surface area is 104 Å². The van der Waals surface area contributed by atoms with E-state index < -0.39 is 17.7 Å². The molecule has 2 N–H and O–H groups in total. The average molecular weight is 258 g/mol. The third-order valence-electron chi connectivity index (χ3n) is 2.13. The van der Waals surface area contributed by atoms with Gasteiger partial charge in [0.15, 0.2) is 0 Å². The highest BCUT2D eigenvalue weighted by Gasteiger charge is 2.07. The van der Waals surface area contributed by atoms with Gasteiger partial charge in [0.2, 0.25) is 0 Å². The molecule has 0 aliphatic rings. The van der Waals surface area contributed by atoms with Gasteiger partial charge in [0, 0.05) is 25.8 Å². The van der Waals surface area contributed by atoms with Crippen molar-refractivity contribution in [3.63, 3.8) is 0 Å². The summed E-state index contributed by atoms with van der Waals surface area (Å²) in [6, 6.07) is 2.30. The number of carbonyl (C=O) groups excluding carboxylic acids is 1. The second-order valence-corrected chi connectivity index (χ2v) is 3.56. The molecule has 100 valence electrons. The molecule has 1 rings (SSSR count). The lowest BCUT2D eigenvalue weighted by Gasteiger charge is -2.08. The standard InChI is InChI=1S/C12H16F2N2O2/c1-2-18-7-3-6-15-12(17)16-11-8-9(13)4-5-10(11)14/h4-5,8H,2-3,6-7H2,1H3,(H2,15,16,17). The fourth-order valence-electron chi connectivity index (χ4n) is 1.28. The zero-order valence-electron chi connectivity index (χ0n) is 10.1. The number of carbonyl (C=O) groups is 1. The van der Waals surface area contributed by atoms with Gasteiger partial charge in [-0.15, -0.1) is 0 Å². The summed E-state index contributed by atoms with van der Waals surface area (Å²) in [6.45, 7) is 3.46. The van der Waals surface area contributed by atoms with Crippen LogP contribution in [0.3, 0.4) is 0 Å². The number of hydrogen-bond acceptors (Lipinski definition) is 2. The molecule has 18 heavy (non-hydrogen) atoms. The predicted octanol–water partition coefficient (Wildman–Crippen LogP) is 2.51. The molecule has 0 spiro atoms. The predicted molar refractivity (Wildman–Crippen MR) is 64.5 cm³/mol. The number of rotatable bonds is 6. The maximum absolute atomic E-state index is 13.2. The van der Waals surface area contributed by atoms with E-state index in [1.807, 2.05) is 6.92 Å². The summed E-state index contributed by atoms with van der Waals surface area (Å²) in [5.74, 6) is -1.29. The molecule has 0 bridgehead atoms. The zero-order valence-corrected chi connectivity index (χ0v) is 10.1. The monoisotopic (exact) mass is 258 g/mol. The molecule has 0 aliphatic heterocycles. The van der Waals surface area contributed by atoms with E-state index >= 15 is 0 Å².